The molecule has 1 aromatic rings. The van der Waals surface area contributed by atoms with Crippen molar-refractivity contribution in [1.29, 1.82) is 0 Å². The average molecular weight is 415 g/mol. The molecule has 0 saturated carbocycles. The van der Waals surface area contributed by atoms with E-state index >= 15 is 0 Å². The molecule has 1 saturated heterocycles. The van der Waals surface area contributed by atoms with E-state index in [0.717, 1.165) is 0 Å². The number of amides is 2. The van der Waals surface area contributed by atoms with E-state index < -0.39 is 41.2 Å². The average Bonchev–Trinajstić information content (AvgIpc) is 2.87. The molecule has 28 heavy (non-hydrogen) atoms. The summed E-state index contributed by atoms with van der Waals surface area (Å²) in [6.07, 6.45) is -1.14. The molecule has 1 N–H and O–H groups in total. The monoisotopic (exact) mass is 414 g/mol. The predicted molar refractivity (Wildman–Crippen MR) is 105 cm³/mol. The topological polar surface area (TPSA) is 67.9 Å². The molecule has 2 atom stereocenters. The van der Waals surface area contributed by atoms with E-state index in [9.17, 15) is 14.0 Å². The minimum atomic E-state index is -0.672. The standard InChI is InChI=1S/C20H28ClFN2O4/c1-19(2,3)27-17(25)23-16-11-24(18(26)28-20(4,5)6)10-14(16)13-8-7-12(21)9-15(13)22/h7-9,14,16H,10-11H2,1-6H3,(H,23,25)/t14-,16+/m1/s1. The number of nitrogens with one attached hydrogen (secondary N) is 1. The summed E-state index contributed by atoms with van der Waals surface area (Å²) < 4.78 is 25.2. The van der Waals surface area contributed by atoms with Crippen molar-refractivity contribution in [2.24, 2.45) is 0 Å². The third-order valence-electron chi connectivity index (χ3n) is 4.04. The van der Waals surface area contributed by atoms with Gasteiger partial charge in [0.05, 0.1) is 6.04 Å². The highest BCUT2D eigenvalue weighted by Crippen LogP contribution is 2.32. The first-order valence-corrected chi connectivity index (χ1v) is 9.55. The van der Waals surface area contributed by atoms with Gasteiger partial charge < -0.3 is 19.7 Å². The molecular formula is C20H28ClFN2O4. The molecule has 1 fully saturated rings. The molecular weight excluding hydrogens is 387 g/mol. The van der Waals surface area contributed by atoms with Gasteiger partial charge in [0.1, 0.15) is 17.0 Å². The number of carbonyl (C=O) groups excluding carboxylic acids is 2. The van der Waals surface area contributed by atoms with Crippen LogP contribution in [0.15, 0.2) is 18.2 Å². The fourth-order valence-corrected chi connectivity index (χ4v) is 3.16. The molecule has 156 valence electrons. The quantitative estimate of drug-likeness (QED) is 0.761. The van der Waals surface area contributed by atoms with Crippen molar-refractivity contribution in [3.8, 4) is 0 Å². The Labute approximate surface area is 170 Å². The molecule has 0 bridgehead atoms. The van der Waals surface area contributed by atoms with Gasteiger partial charge in [0, 0.05) is 24.0 Å². The van der Waals surface area contributed by atoms with Crippen molar-refractivity contribution < 1.29 is 23.5 Å². The van der Waals surface area contributed by atoms with Crippen LogP contribution < -0.4 is 5.32 Å². The molecule has 0 spiro atoms. The van der Waals surface area contributed by atoms with Crippen LogP contribution >= 0.6 is 11.6 Å². The molecule has 1 heterocycles. The van der Waals surface area contributed by atoms with E-state index in [1.807, 2.05) is 0 Å². The van der Waals surface area contributed by atoms with E-state index in [1.54, 1.807) is 53.7 Å². The van der Waals surface area contributed by atoms with Crippen molar-refractivity contribution in [1.82, 2.24) is 10.2 Å². The van der Waals surface area contributed by atoms with Gasteiger partial charge in [0.2, 0.25) is 0 Å². The summed E-state index contributed by atoms with van der Waals surface area (Å²) in [5, 5.41) is 3.04. The molecule has 1 aliphatic rings. The third kappa shape index (κ3) is 6.26. The van der Waals surface area contributed by atoms with Crippen LogP contribution in [0.1, 0.15) is 53.0 Å². The van der Waals surface area contributed by atoms with Crippen molar-refractivity contribution in [2.75, 3.05) is 13.1 Å². The molecule has 6 nitrogen and oxygen atoms in total. The number of hydrogen-bond donors (Lipinski definition) is 1. The van der Waals surface area contributed by atoms with E-state index in [1.165, 1.54) is 11.0 Å². The summed E-state index contributed by atoms with van der Waals surface area (Å²) in [6.45, 7) is 11.0. The molecule has 1 aromatic carbocycles. The summed E-state index contributed by atoms with van der Waals surface area (Å²) in [7, 11) is 0. The van der Waals surface area contributed by atoms with Gasteiger partial charge in [-0.15, -0.1) is 0 Å². The van der Waals surface area contributed by atoms with Gasteiger partial charge in [-0.25, -0.2) is 14.0 Å². The number of ether oxygens (including phenoxy) is 2. The molecule has 2 rings (SSSR count). The van der Waals surface area contributed by atoms with Crippen LogP contribution in [0.4, 0.5) is 14.0 Å². The lowest BCUT2D eigenvalue weighted by molar-refractivity contribution is 0.0281. The zero-order valence-electron chi connectivity index (χ0n) is 17.1. The Morgan fingerprint density at radius 1 is 1.11 bits per heavy atom. The maximum atomic E-state index is 14.5. The summed E-state index contributed by atoms with van der Waals surface area (Å²) >= 11 is 5.85. The maximum absolute atomic E-state index is 14.5. The third-order valence-corrected chi connectivity index (χ3v) is 4.27. The Morgan fingerprint density at radius 3 is 2.25 bits per heavy atom. The van der Waals surface area contributed by atoms with Gasteiger partial charge in [0.15, 0.2) is 0 Å². The van der Waals surface area contributed by atoms with Gasteiger partial charge >= 0.3 is 12.2 Å². The maximum Gasteiger partial charge on any atom is 0.410 e. The molecule has 0 radical (unpaired) electrons. The van der Waals surface area contributed by atoms with E-state index in [-0.39, 0.29) is 18.1 Å². The zero-order valence-corrected chi connectivity index (χ0v) is 17.9. The largest absolute Gasteiger partial charge is 0.444 e. The molecule has 0 aromatic heterocycles. The van der Waals surface area contributed by atoms with E-state index in [4.69, 9.17) is 21.1 Å². The Morgan fingerprint density at radius 2 is 1.71 bits per heavy atom. The van der Waals surface area contributed by atoms with Gasteiger partial charge in [-0.3, -0.25) is 0 Å². The molecule has 1 aliphatic heterocycles. The first kappa shape index (κ1) is 22.3. The molecule has 0 aliphatic carbocycles. The highest BCUT2D eigenvalue weighted by molar-refractivity contribution is 6.30. The number of hydrogen-bond acceptors (Lipinski definition) is 4. The SMILES string of the molecule is CC(C)(C)OC(=O)N[C@H]1CN(C(=O)OC(C)(C)C)C[C@@H]1c1ccc(Cl)cc1F. The van der Waals surface area contributed by atoms with E-state index in [0.29, 0.717) is 5.56 Å². The number of nitrogens with zero attached hydrogens (tertiary/aromatic N) is 1. The minimum Gasteiger partial charge on any atom is -0.444 e. The van der Waals surface area contributed by atoms with Gasteiger partial charge in [-0.1, -0.05) is 17.7 Å². The molecule has 0 unspecified atom stereocenters. The first-order chi connectivity index (χ1) is 12.7. The van der Waals surface area contributed by atoms with Gasteiger partial charge in [-0.2, -0.15) is 0 Å². The minimum absolute atomic E-state index is 0.181. The number of benzene rings is 1. The Bertz CT molecular complexity index is 743. The first-order valence-electron chi connectivity index (χ1n) is 9.17. The lowest BCUT2D eigenvalue weighted by Gasteiger charge is -2.25. The summed E-state index contributed by atoms with van der Waals surface area (Å²) in [5.41, 5.74) is -0.958. The second-order valence-electron chi connectivity index (χ2n) is 8.91. The van der Waals surface area contributed by atoms with Crippen LogP contribution in [0, 0.1) is 5.82 Å². The van der Waals surface area contributed by atoms with Crippen LogP contribution in [-0.2, 0) is 9.47 Å². The summed E-state index contributed by atoms with van der Waals surface area (Å²) in [6, 6.07) is 3.85. The normalized spacial score (nSPS) is 20.1. The second kappa shape index (κ2) is 8.15. The van der Waals surface area contributed by atoms with Gasteiger partial charge in [-0.05, 0) is 59.2 Å². The van der Waals surface area contributed by atoms with Crippen LogP contribution in [0.2, 0.25) is 5.02 Å². The molecule has 2 amide bonds. The highest BCUT2D eigenvalue weighted by Gasteiger charge is 2.40. The number of likely N-dealkylation sites (tertiary alicyclic amines) is 1. The predicted octanol–water partition coefficient (Wildman–Crippen LogP) is 4.71. The van der Waals surface area contributed by atoms with Crippen molar-refractivity contribution in [2.45, 2.75) is 64.7 Å². The number of carbonyl (C=O) groups is 2. The van der Waals surface area contributed by atoms with Crippen molar-refractivity contribution in [3.05, 3.63) is 34.6 Å². The fraction of sp³-hybridized carbons (Fsp3) is 0.600. The van der Waals surface area contributed by atoms with Gasteiger partial charge in [0.25, 0.3) is 0 Å². The lowest BCUT2D eigenvalue weighted by Crippen LogP contribution is -2.43. The number of halogens is 2. The zero-order chi connectivity index (χ0) is 21.3. The Hall–Kier alpha value is -2.02. The van der Waals surface area contributed by atoms with Crippen LogP contribution in [0.25, 0.3) is 0 Å². The van der Waals surface area contributed by atoms with Crippen LogP contribution in [0.5, 0.6) is 0 Å². The van der Waals surface area contributed by atoms with Crippen molar-refractivity contribution >= 4 is 23.8 Å². The smallest absolute Gasteiger partial charge is 0.410 e. The van der Waals surface area contributed by atoms with Crippen LogP contribution in [-0.4, -0.2) is 47.4 Å². The Kier molecular flexibility index (Phi) is 6.48. The number of alkyl carbamates (subject to hydrolysis) is 1. The van der Waals surface area contributed by atoms with E-state index in [2.05, 4.69) is 5.32 Å². The molecule has 8 heteroatoms. The van der Waals surface area contributed by atoms with Crippen LogP contribution in [0.3, 0.4) is 0 Å². The Balaban J connectivity index is 2.24. The fourth-order valence-electron chi connectivity index (χ4n) is 3.00. The second-order valence-corrected chi connectivity index (χ2v) is 9.35. The number of rotatable bonds is 2. The summed E-state index contributed by atoms with van der Waals surface area (Å²) in [5.74, 6) is -0.947. The van der Waals surface area contributed by atoms with Crippen molar-refractivity contribution in [3.63, 3.8) is 0 Å². The lowest BCUT2D eigenvalue weighted by atomic mass is 9.94. The summed E-state index contributed by atoms with van der Waals surface area (Å²) in [4.78, 5) is 26.2. The highest BCUT2D eigenvalue weighted by atomic mass is 35.5.